The molecule has 0 saturated carbocycles. The Labute approximate surface area is 67.0 Å². The van der Waals surface area contributed by atoms with Gasteiger partial charge in [0, 0.05) is 6.61 Å². The third-order valence-corrected chi connectivity index (χ3v) is 1.66. The largest absolute Gasteiger partial charge is 0.396 e. The van der Waals surface area contributed by atoms with E-state index in [4.69, 9.17) is 5.11 Å². The molecule has 0 saturated heterocycles. The minimum Gasteiger partial charge on any atom is -0.396 e. The molecule has 0 bridgehead atoms. The van der Waals surface area contributed by atoms with E-state index in [1.165, 1.54) is 0 Å². The van der Waals surface area contributed by atoms with Crippen molar-refractivity contribution in [3.8, 4) is 0 Å². The number of hydrogen-bond donors (Lipinski definition) is 1. The van der Waals surface area contributed by atoms with Gasteiger partial charge < -0.3 is 5.11 Å². The van der Waals surface area contributed by atoms with Gasteiger partial charge in [0.05, 0.1) is 0 Å². The van der Waals surface area contributed by atoms with Crippen LogP contribution in [0.3, 0.4) is 0 Å². The van der Waals surface area contributed by atoms with Gasteiger partial charge in [-0.05, 0) is 17.5 Å². The fourth-order valence-electron chi connectivity index (χ4n) is 1.08. The summed E-state index contributed by atoms with van der Waals surface area (Å²) in [7, 11) is 0. The van der Waals surface area contributed by atoms with Gasteiger partial charge in [0.2, 0.25) is 0 Å². The van der Waals surface area contributed by atoms with Crippen LogP contribution in [0.15, 0.2) is 30.8 Å². The molecule has 1 rings (SSSR count). The highest BCUT2D eigenvalue weighted by molar-refractivity contribution is 5.51. The van der Waals surface area contributed by atoms with Crippen molar-refractivity contribution in [1.29, 1.82) is 0 Å². The third kappa shape index (κ3) is 1.92. The Kier molecular flexibility index (Phi) is 2.87. The second-order valence-electron chi connectivity index (χ2n) is 2.38. The maximum Gasteiger partial charge on any atom is 0.0471 e. The van der Waals surface area contributed by atoms with Crippen LogP contribution in [0.25, 0.3) is 6.08 Å². The molecule has 0 atom stereocenters. The molecule has 0 aliphatic carbocycles. The highest BCUT2D eigenvalue weighted by Crippen LogP contribution is 2.09. The average molecular weight is 148 g/mol. The summed E-state index contributed by atoms with van der Waals surface area (Å²) in [6, 6.07) is 7.95. The van der Waals surface area contributed by atoms with E-state index in [0.717, 1.165) is 11.1 Å². The maximum atomic E-state index is 8.71. The fraction of sp³-hybridized carbons (Fsp3) is 0.200. The number of aliphatic hydroxyl groups excluding tert-OH is 1. The van der Waals surface area contributed by atoms with Crippen molar-refractivity contribution in [1.82, 2.24) is 0 Å². The van der Waals surface area contributed by atoms with Crippen molar-refractivity contribution in [3.05, 3.63) is 42.0 Å². The van der Waals surface area contributed by atoms with Crippen molar-refractivity contribution in [3.63, 3.8) is 0 Å². The average Bonchev–Trinajstić information content (AvgIpc) is 2.06. The smallest absolute Gasteiger partial charge is 0.0471 e. The maximum absolute atomic E-state index is 8.71. The van der Waals surface area contributed by atoms with Gasteiger partial charge in [-0.25, -0.2) is 0 Å². The zero-order valence-corrected chi connectivity index (χ0v) is 6.46. The molecule has 0 aromatic heterocycles. The normalized spacial score (nSPS) is 9.55. The zero-order valence-electron chi connectivity index (χ0n) is 6.46. The zero-order chi connectivity index (χ0) is 8.10. The van der Waals surface area contributed by atoms with Crippen LogP contribution in [0, 0.1) is 0 Å². The van der Waals surface area contributed by atoms with Gasteiger partial charge in [-0.1, -0.05) is 36.9 Å². The number of aliphatic hydroxyl groups is 1. The predicted molar refractivity (Wildman–Crippen MR) is 47.3 cm³/mol. The molecular formula is C10H12O. The molecule has 58 valence electrons. The topological polar surface area (TPSA) is 20.2 Å². The molecule has 1 aromatic rings. The van der Waals surface area contributed by atoms with E-state index in [-0.39, 0.29) is 6.61 Å². The van der Waals surface area contributed by atoms with E-state index in [1.807, 2.05) is 30.3 Å². The molecule has 0 amide bonds. The molecule has 0 unspecified atom stereocenters. The van der Waals surface area contributed by atoms with Crippen LogP contribution in [0.5, 0.6) is 0 Å². The summed E-state index contributed by atoms with van der Waals surface area (Å²) >= 11 is 0. The first kappa shape index (κ1) is 8.02. The van der Waals surface area contributed by atoms with Gasteiger partial charge in [-0.2, -0.15) is 0 Å². The highest BCUT2D eigenvalue weighted by atomic mass is 16.2. The number of benzene rings is 1. The molecule has 11 heavy (non-hydrogen) atoms. The number of rotatable bonds is 3. The molecule has 1 heteroatoms. The lowest BCUT2D eigenvalue weighted by Gasteiger charge is -2.01. The fourth-order valence-corrected chi connectivity index (χ4v) is 1.08. The molecule has 1 N–H and O–H groups in total. The van der Waals surface area contributed by atoms with Crippen molar-refractivity contribution in [2.75, 3.05) is 6.61 Å². The second kappa shape index (κ2) is 3.94. The minimum atomic E-state index is 0.199. The van der Waals surface area contributed by atoms with E-state index in [0.29, 0.717) is 6.42 Å². The lowest BCUT2D eigenvalue weighted by molar-refractivity contribution is 0.299. The summed E-state index contributed by atoms with van der Waals surface area (Å²) in [5.74, 6) is 0. The number of hydrogen-bond acceptors (Lipinski definition) is 1. The van der Waals surface area contributed by atoms with Gasteiger partial charge in [-0.15, -0.1) is 0 Å². The Bertz CT molecular complexity index is 240. The molecule has 0 radical (unpaired) electrons. The first-order valence-corrected chi connectivity index (χ1v) is 3.69. The van der Waals surface area contributed by atoms with Gasteiger partial charge in [0.15, 0.2) is 0 Å². The predicted octanol–water partition coefficient (Wildman–Crippen LogP) is 1.86. The Hall–Kier alpha value is -1.08. The summed E-state index contributed by atoms with van der Waals surface area (Å²) in [4.78, 5) is 0. The van der Waals surface area contributed by atoms with Crippen molar-refractivity contribution >= 4 is 6.08 Å². The first-order valence-electron chi connectivity index (χ1n) is 3.69. The van der Waals surface area contributed by atoms with Gasteiger partial charge in [0.1, 0.15) is 0 Å². The Morgan fingerprint density at radius 2 is 2.09 bits per heavy atom. The van der Waals surface area contributed by atoms with Crippen molar-refractivity contribution in [2.24, 2.45) is 0 Å². The van der Waals surface area contributed by atoms with Crippen molar-refractivity contribution < 1.29 is 5.11 Å². The lowest BCUT2D eigenvalue weighted by Crippen LogP contribution is -1.92. The molecule has 1 nitrogen and oxygen atoms in total. The Morgan fingerprint density at radius 1 is 1.36 bits per heavy atom. The summed E-state index contributed by atoms with van der Waals surface area (Å²) in [5.41, 5.74) is 2.27. The van der Waals surface area contributed by atoms with E-state index in [2.05, 4.69) is 6.58 Å². The summed E-state index contributed by atoms with van der Waals surface area (Å²) in [6.45, 7) is 3.89. The molecule has 0 fully saturated rings. The van der Waals surface area contributed by atoms with Gasteiger partial charge in [-0.3, -0.25) is 0 Å². The standard InChI is InChI=1S/C10H12O/c1-2-9-5-3-4-6-10(9)7-8-11/h2-6,11H,1,7-8H2. The van der Waals surface area contributed by atoms with E-state index >= 15 is 0 Å². The SMILES string of the molecule is C=Cc1ccccc1CCO. The second-order valence-corrected chi connectivity index (χ2v) is 2.38. The molecule has 0 spiro atoms. The van der Waals surface area contributed by atoms with Crippen LogP contribution >= 0.6 is 0 Å². The van der Waals surface area contributed by atoms with Crippen LogP contribution < -0.4 is 0 Å². The van der Waals surface area contributed by atoms with Crippen LogP contribution in [-0.4, -0.2) is 11.7 Å². The monoisotopic (exact) mass is 148 g/mol. The minimum absolute atomic E-state index is 0.199. The summed E-state index contributed by atoms with van der Waals surface area (Å²) in [5, 5.41) is 8.71. The van der Waals surface area contributed by atoms with Crippen LogP contribution in [0.2, 0.25) is 0 Å². The Balaban J connectivity index is 2.92. The lowest BCUT2D eigenvalue weighted by atomic mass is 10.1. The molecule has 0 aliphatic heterocycles. The Morgan fingerprint density at radius 3 is 2.73 bits per heavy atom. The highest BCUT2D eigenvalue weighted by Gasteiger charge is 1.94. The van der Waals surface area contributed by atoms with Crippen LogP contribution in [0.4, 0.5) is 0 Å². The van der Waals surface area contributed by atoms with Gasteiger partial charge >= 0.3 is 0 Å². The first-order chi connectivity index (χ1) is 5.38. The van der Waals surface area contributed by atoms with E-state index < -0.39 is 0 Å². The summed E-state index contributed by atoms with van der Waals surface area (Å²) < 4.78 is 0. The molecular weight excluding hydrogens is 136 g/mol. The summed E-state index contributed by atoms with van der Waals surface area (Å²) in [6.07, 6.45) is 2.52. The molecule has 0 heterocycles. The molecule has 0 aliphatic rings. The van der Waals surface area contributed by atoms with E-state index in [9.17, 15) is 0 Å². The van der Waals surface area contributed by atoms with E-state index in [1.54, 1.807) is 0 Å². The van der Waals surface area contributed by atoms with Crippen molar-refractivity contribution in [2.45, 2.75) is 6.42 Å². The van der Waals surface area contributed by atoms with Gasteiger partial charge in [0.25, 0.3) is 0 Å². The quantitative estimate of drug-likeness (QED) is 0.693. The van der Waals surface area contributed by atoms with Crippen LogP contribution in [-0.2, 0) is 6.42 Å². The van der Waals surface area contributed by atoms with Crippen LogP contribution in [0.1, 0.15) is 11.1 Å². The molecule has 1 aromatic carbocycles. The third-order valence-electron chi connectivity index (χ3n) is 1.66.